The first-order chi connectivity index (χ1) is 11.6. The third-order valence-electron chi connectivity index (χ3n) is 5.72. The molecule has 2 aliphatic rings. The lowest BCUT2D eigenvalue weighted by Gasteiger charge is -2.40. The van der Waals surface area contributed by atoms with Crippen LogP contribution >= 0.6 is 11.6 Å². The molecule has 2 fully saturated rings. The second kappa shape index (κ2) is 8.35. The molecule has 24 heavy (non-hydrogen) atoms. The number of nitrogens with zero attached hydrogens (tertiary/aromatic N) is 1. The van der Waals surface area contributed by atoms with Gasteiger partial charge in [0.2, 0.25) is 5.91 Å². The van der Waals surface area contributed by atoms with Crippen molar-refractivity contribution in [1.29, 1.82) is 0 Å². The van der Waals surface area contributed by atoms with Gasteiger partial charge in [0, 0.05) is 19.0 Å². The maximum absolute atomic E-state index is 12.4. The summed E-state index contributed by atoms with van der Waals surface area (Å²) in [5, 5.41) is 3.62. The number of hydrogen-bond acceptors (Lipinski definition) is 2. The molecule has 1 aromatic carbocycles. The van der Waals surface area contributed by atoms with Gasteiger partial charge in [-0.05, 0) is 56.7 Å². The molecule has 0 aromatic heterocycles. The number of benzene rings is 1. The Kier molecular flexibility index (Phi) is 6.18. The lowest BCUT2D eigenvalue weighted by Crippen LogP contribution is -2.45. The van der Waals surface area contributed by atoms with Crippen molar-refractivity contribution in [2.24, 2.45) is 5.92 Å². The molecule has 1 saturated heterocycles. The summed E-state index contributed by atoms with van der Waals surface area (Å²) in [6.07, 6.45) is 10.0. The van der Waals surface area contributed by atoms with Crippen LogP contribution in [0.4, 0.5) is 5.69 Å². The molecular formula is C20H29ClN2O. The summed E-state index contributed by atoms with van der Waals surface area (Å²) in [5.41, 5.74) is 1.77. The number of rotatable bonds is 4. The van der Waals surface area contributed by atoms with E-state index in [1.165, 1.54) is 44.9 Å². The van der Waals surface area contributed by atoms with Crippen LogP contribution in [0.3, 0.4) is 0 Å². The van der Waals surface area contributed by atoms with Crippen molar-refractivity contribution in [2.45, 2.75) is 64.3 Å². The molecule has 0 unspecified atom stereocenters. The van der Waals surface area contributed by atoms with Gasteiger partial charge >= 0.3 is 0 Å². The maximum Gasteiger partial charge on any atom is 0.225 e. The zero-order valence-electron chi connectivity index (χ0n) is 14.7. The number of likely N-dealkylation sites (tertiary alicyclic amines) is 1. The van der Waals surface area contributed by atoms with Crippen molar-refractivity contribution >= 4 is 23.2 Å². The molecule has 132 valence electrons. The zero-order valence-corrected chi connectivity index (χ0v) is 15.4. The summed E-state index contributed by atoms with van der Waals surface area (Å²) in [7, 11) is 0. The van der Waals surface area contributed by atoms with Crippen LogP contribution in [0.2, 0.25) is 5.02 Å². The number of hydrogen-bond donors (Lipinski definition) is 1. The molecule has 1 N–H and O–H groups in total. The van der Waals surface area contributed by atoms with Crippen molar-refractivity contribution in [1.82, 2.24) is 4.90 Å². The van der Waals surface area contributed by atoms with E-state index in [1.54, 1.807) is 0 Å². The van der Waals surface area contributed by atoms with Gasteiger partial charge in [0.1, 0.15) is 0 Å². The minimum absolute atomic E-state index is 0.0712. The van der Waals surface area contributed by atoms with Crippen molar-refractivity contribution in [3.63, 3.8) is 0 Å². The molecule has 1 aromatic rings. The first-order valence-electron chi connectivity index (χ1n) is 9.44. The predicted molar refractivity (Wildman–Crippen MR) is 101 cm³/mol. The largest absolute Gasteiger partial charge is 0.325 e. The van der Waals surface area contributed by atoms with Crippen LogP contribution in [0.1, 0.15) is 56.9 Å². The summed E-state index contributed by atoms with van der Waals surface area (Å²) >= 11 is 6.21. The van der Waals surface area contributed by atoms with E-state index < -0.39 is 0 Å². The highest BCUT2D eigenvalue weighted by molar-refractivity contribution is 6.33. The number of anilines is 1. The summed E-state index contributed by atoms with van der Waals surface area (Å²) in [6.45, 7) is 4.00. The number of carbonyl (C=O) groups excluding carboxylic acids is 1. The predicted octanol–water partition coefficient (Wildman–Crippen LogP) is 5.02. The molecule has 3 nitrogen and oxygen atoms in total. The average Bonchev–Trinajstić information content (AvgIpc) is 2.82. The number of carbonyl (C=O) groups is 1. The van der Waals surface area contributed by atoms with E-state index in [2.05, 4.69) is 10.2 Å². The van der Waals surface area contributed by atoms with Crippen LogP contribution in [0.5, 0.6) is 0 Å². The van der Waals surface area contributed by atoms with Gasteiger partial charge in [-0.3, -0.25) is 9.69 Å². The lowest BCUT2D eigenvalue weighted by atomic mass is 9.85. The second-order valence-electron chi connectivity index (χ2n) is 7.37. The fourth-order valence-corrected chi connectivity index (χ4v) is 4.69. The van der Waals surface area contributed by atoms with E-state index in [1.807, 2.05) is 25.1 Å². The summed E-state index contributed by atoms with van der Waals surface area (Å²) < 4.78 is 0. The molecule has 1 aliphatic heterocycles. The average molecular weight is 349 g/mol. The van der Waals surface area contributed by atoms with Crippen LogP contribution in [0.15, 0.2) is 18.2 Å². The lowest BCUT2D eigenvalue weighted by molar-refractivity contribution is -0.116. The normalized spacial score (nSPS) is 24.9. The highest BCUT2D eigenvalue weighted by Gasteiger charge is 2.31. The van der Waals surface area contributed by atoms with Gasteiger partial charge in [0.25, 0.3) is 0 Å². The minimum atomic E-state index is 0.0712. The Bertz CT molecular complexity index is 555. The van der Waals surface area contributed by atoms with Crippen molar-refractivity contribution in [3.05, 3.63) is 28.8 Å². The van der Waals surface area contributed by atoms with Crippen LogP contribution < -0.4 is 5.32 Å². The number of halogens is 1. The van der Waals surface area contributed by atoms with Crippen molar-refractivity contribution < 1.29 is 4.79 Å². The van der Waals surface area contributed by atoms with E-state index in [0.717, 1.165) is 30.3 Å². The van der Waals surface area contributed by atoms with Crippen LogP contribution in [-0.4, -0.2) is 29.9 Å². The molecule has 1 saturated carbocycles. The monoisotopic (exact) mass is 348 g/mol. The molecule has 0 radical (unpaired) electrons. The molecular weight excluding hydrogens is 320 g/mol. The first-order valence-corrected chi connectivity index (χ1v) is 9.82. The van der Waals surface area contributed by atoms with Gasteiger partial charge in [-0.1, -0.05) is 43.0 Å². The van der Waals surface area contributed by atoms with E-state index in [9.17, 15) is 4.79 Å². The van der Waals surface area contributed by atoms with Crippen LogP contribution in [-0.2, 0) is 4.79 Å². The van der Waals surface area contributed by atoms with E-state index in [0.29, 0.717) is 17.5 Å². The topological polar surface area (TPSA) is 32.3 Å². The third-order valence-corrected chi connectivity index (χ3v) is 6.04. The van der Waals surface area contributed by atoms with Crippen molar-refractivity contribution in [3.8, 4) is 0 Å². The van der Waals surface area contributed by atoms with Gasteiger partial charge in [-0.15, -0.1) is 0 Å². The second-order valence-corrected chi connectivity index (χ2v) is 7.78. The number of fused-ring (bicyclic) bond motifs is 1. The Hall–Kier alpha value is -1.06. The van der Waals surface area contributed by atoms with E-state index in [4.69, 9.17) is 11.6 Å². The third kappa shape index (κ3) is 4.31. The molecule has 3 rings (SSSR count). The quantitative estimate of drug-likeness (QED) is 0.828. The molecule has 1 heterocycles. The van der Waals surface area contributed by atoms with Gasteiger partial charge in [-0.2, -0.15) is 0 Å². The number of aryl methyl sites for hydroxylation is 1. The number of amides is 1. The molecule has 1 amide bonds. The molecule has 0 spiro atoms. The number of nitrogens with one attached hydrogen (secondary N) is 1. The van der Waals surface area contributed by atoms with Crippen molar-refractivity contribution in [2.75, 3.05) is 18.4 Å². The van der Waals surface area contributed by atoms with Crippen LogP contribution in [0, 0.1) is 12.8 Å². The van der Waals surface area contributed by atoms with Gasteiger partial charge in [-0.25, -0.2) is 0 Å². The Morgan fingerprint density at radius 1 is 1.21 bits per heavy atom. The minimum Gasteiger partial charge on any atom is -0.325 e. The van der Waals surface area contributed by atoms with Crippen LogP contribution in [0.25, 0.3) is 0 Å². The molecule has 4 heteroatoms. The summed E-state index contributed by atoms with van der Waals surface area (Å²) in [6, 6.07) is 6.41. The Morgan fingerprint density at radius 3 is 2.83 bits per heavy atom. The molecule has 1 aliphatic carbocycles. The molecule has 2 atom stereocenters. The Balaban J connectivity index is 1.55. The smallest absolute Gasteiger partial charge is 0.225 e. The first kappa shape index (κ1) is 17.8. The van der Waals surface area contributed by atoms with Gasteiger partial charge in [0.05, 0.1) is 10.7 Å². The fourth-order valence-electron chi connectivity index (χ4n) is 4.42. The zero-order chi connectivity index (χ0) is 16.9. The SMILES string of the molecule is Cc1cccc(Cl)c1NC(=O)CCN1CCC[C@@H]2CCCCC[C@@H]21. The van der Waals surface area contributed by atoms with E-state index in [-0.39, 0.29) is 5.91 Å². The molecule has 0 bridgehead atoms. The number of para-hydroxylation sites is 1. The van der Waals surface area contributed by atoms with Gasteiger partial charge < -0.3 is 5.32 Å². The van der Waals surface area contributed by atoms with Gasteiger partial charge in [0.15, 0.2) is 0 Å². The highest BCUT2D eigenvalue weighted by atomic mass is 35.5. The summed E-state index contributed by atoms with van der Waals surface area (Å²) in [5.74, 6) is 0.928. The Labute approximate surface area is 150 Å². The maximum atomic E-state index is 12.4. The highest BCUT2D eigenvalue weighted by Crippen LogP contribution is 2.34. The summed E-state index contributed by atoms with van der Waals surface area (Å²) in [4.78, 5) is 15.0. The van der Waals surface area contributed by atoms with E-state index >= 15 is 0 Å². The Morgan fingerprint density at radius 2 is 2.00 bits per heavy atom. The number of piperidine rings is 1. The fraction of sp³-hybridized carbons (Fsp3) is 0.650. The standard InChI is InChI=1S/C20H29ClN2O/c1-15-7-5-10-17(21)20(15)22-19(24)12-14-23-13-6-9-16-8-3-2-4-11-18(16)23/h5,7,10,16,18H,2-4,6,8-9,11-14H2,1H3,(H,22,24)/t16-,18-/m0/s1.